The lowest BCUT2D eigenvalue weighted by Gasteiger charge is -2.46. The third kappa shape index (κ3) is 14.8. The smallest absolute Gasteiger partial charge is 0.390 e. The number of aliphatic hydroxyl groups excluding tert-OH is 1. The van der Waals surface area contributed by atoms with Gasteiger partial charge in [-0.2, -0.15) is 10.5 Å². The molecule has 0 aliphatic carbocycles. The molecule has 19 heteroatoms. The summed E-state index contributed by atoms with van der Waals surface area (Å²) in [7, 11) is -8.57. The van der Waals surface area contributed by atoms with Crippen LogP contribution >= 0.6 is 15.6 Å². The zero-order chi connectivity index (χ0) is 43.9. The van der Waals surface area contributed by atoms with Crippen molar-refractivity contribution in [2.75, 3.05) is 39.6 Å². The molecule has 0 aromatic heterocycles. The zero-order valence-corrected chi connectivity index (χ0v) is 38.3. The van der Waals surface area contributed by atoms with Crippen molar-refractivity contribution in [3.63, 3.8) is 0 Å². The standard InChI is InChI=1S/C40H71N3O14P2/c1-10-31-38(45)28(7)25(4)35(53-31)23-51-58(46,49-20-14-17-41)57-40-30(9)27(6)36(55-33(40)12-3)24-52-59(47,50-21-15-18-42)56-39-29(8)26(5)34(54-32(39)11-2)22-48-19-13-16-37(43)44/h25-36,38-40,45H,10-16,19-24H2,1-9H3,(H2,43,44)/t25?,26?,27?,28-,29-,30-,31-,32-,33-,34+,35+,36+,38?,39?,40?,58?,59?/m1/s1. The van der Waals surface area contributed by atoms with Gasteiger partial charge < -0.3 is 29.8 Å². The number of phosphoric acid groups is 2. The van der Waals surface area contributed by atoms with Gasteiger partial charge in [0.2, 0.25) is 5.91 Å². The van der Waals surface area contributed by atoms with Crippen molar-refractivity contribution in [2.24, 2.45) is 41.2 Å². The largest absolute Gasteiger partial charge is 0.475 e. The first-order valence-electron chi connectivity index (χ1n) is 21.4. The number of carbonyl (C=O) groups excluding carboxylic acids is 1. The number of carbonyl (C=O) groups is 1. The summed E-state index contributed by atoms with van der Waals surface area (Å²) in [6.07, 6.45) is -2.63. The first-order valence-corrected chi connectivity index (χ1v) is 24.3. The van der Waals surface area contributed by atoms with E-state index >= 15 is 0 Å². The molecule has 1 amide bonds. The van der Waals surface area contributed by atoms with Crippen molar-refractivity contribution in [3.05, 3.63) is 0 Å². The third-order valence-electron chi connectivity index (χ3n) is 12.4. The topological polar surface area (TPSA) is 237 Å². The summed E-state index contributed by atoms with van der Waals surface area (Å²) < 4.78 is 89.5. The average molecular weight is 880 g/mol. The lowest BCUT2D eigenvalue weighted by molar-refractivity contribution is -0.190. The van der Waals surface area contributed by atoms with E-state index in [2.05, 4.69) is 0 Å². The van der Waals surface area contributed by atoms with Gasteiger partial charge in [0.05, 0.1) is 113 Å². The van der Waals surface area contributed by atoms with Crippen molar-refractivity contribution < 1.29 is 65.1 Å². The number of rotatable bonds is 25. The first kappa shape index (κ1) is 51.8. The average Bonchev–Trinajstić information content (AvgIpc) is 3.20. The maximum absolute atomic E-state index is 14.4. The minimum atomic E-state index is -4.30. The first-order chi connectivity index (χ1) is 28.0. The maximum Gasteiger partial charge on any atom is 0.475 e. The molecule has 3 saturated heterocycles. The van der Waals surface area contributed by atoms with E-state index in [1.54, 1.807) is 0 Å². The van der Waals surface area contributed by atoms with Crippen LogP contribution < -0.4 is 5.73 Å². The maximum atomic E-state index is 14.4. The predicted molar refractivity (Wildman–Crippen MR) is 216 cm³/mol. The number of hydrogen-bond acceptors (Lipinski definition) is 16. The predicted octanol–water partition coefficient (Wildman–Crippen LogP) is 6.86. The van der Waals surface area contributed by atoms with Crippen molar-refractivity contribution in [3.8, 4) is 12.1 Å². The van der Waals surface area contributed by atoms with Crippen LogP contribution in [0, 0.1) is 58.2 Å². The molecule has 0 aromatic rings. The molecule has 3 heterocycles. The molecule has 340 valence electrons. The van der Waals surface area contributed by atoms with Gasteiger partial charge in [-0.15, -0.1) is 0 Å². The minimum absolute atomic E-state index is 0.0329. The van der Waals surface area contributed by atoms with Crippen LogP contribution in [0.1, 0.15) is 107 Å². The monoisotopic (exact) mass is 879 g/mol. The number of nitriles is 2. The molecule has 59 heavy (non-hydrogen) atoms. The molecular weight excluding hydrogens is 808 g/mol. The number of ether oxygens (including phenoxy) is 4. The van der Waals surface area contributed by atoms with Crippen molar-refractivity contribution in [2.45, 2.75) is 162 Å². The van der Waals surface area contributed by atoms with Gasteiger partial charge in [0, 0.05) is 13.0 Å². The lowest BCUT2D eigenvalue weighted by Crippen LogP contribution is -2.52. The van der Waals surface area contributed by atoms with Crippen molar-refractivity contribution in [1.82, 2.24) is 0 Å². The number of primary amides is 1. The zero-order valence-electron chi connectivity index (χ0n) is 36.5. The van der Waals surface area contributed by atoms with E-state index < -0.39 is 64.5 Å². The second kappa shape index (κ2) is 24.9. The minimum Gasteiger partial charge on any atom is -0.390 e. The molecule has 3 N–H and O–H groups in total. The van der Waals surface area contributed by atoms with Crippen molar-refractivity contribution >= 4 is 21.6 Å². The second-order valence-corrected chi connectivity index (χ2v) is 19.5. The Morgan fingerprint density at radius 1 is 0.610 bits per heavy atom. The fraction of sp³-hybridized carbons (Fsp3) is 0.925. The quantitative estimate of drug-likeness (QED) is 0.0704. The Morgan fingerprint density at radius 3 is 1.42 bits per heavy atom. The summed E-state index contributed by atoms with van der Waals surface area (Å²) in [6, 6.07) is 3.98. The van der Waals surface area contributed by atoms with Gasteiger partial charge in [0.1, 0.15) is 0 Å². The summed E-state index contributed by atoms with van der Waals surface area (Å²) >= 11 is 0. The van der Waals surface area contributed by atoms with Crippen LogP contribution in [0.2, 0.25) is 0 Å². The Labute approximate surface area is 351 Å². The Bertz CT molecular complexity index is 1460. The van der Waals surface area contributed by atoms with Crippen LogP contribution in [-0.2, 0) is 60.0 Å². The molecular formula is C40H71N3O14P2. The van der Waals surface area contributed by atoms with Crippen molar-refractivity contribution in [1.29, 1.82) is 10.5 Å². The normalized spacial score (nSPS) is 37.1. The number of amides is 1. The molecule has 3 rings (SSSR count). The molecule has 3 aliphatic rings. The van der Waals surface area contributed by atoms with Crippen LogP contribution in [0.5, 0.6) is 0 Å². The van der Waals surface area contributed by atoms with Gasteiger partial charge in [0.15, 0.2) is 0 Å². The molecule has 3 aliphatic heterocycles. The van der Waals surface area contributed by atoms with E-state index in [1.165, 1.54) is 0 Å². The van der Waals surface area contributed by atoms with E-state index in [1.807, 2.05) is 74.5 Å². The third-order valence-corrected chi connectivity index (χ3v) is 15.3. The fourth-order valence-corrected chi connectivity index (χ4v) is 10.8. The number of nitrogens with zero attached hydrogens (tertiary/aromatic N) is 2. The van der Waals surface area contributed by atoms with Gasteiger partial charge in [-0.25, -0.2) is 9.13 Å². The van der Waals surface area contributed by atoms with Crippen LogP contribution in [-0.4, -0.2) is 106 Å². The summed E-state index contributed by atoms with van der Waals surface area (Å²) in [4.78, 5) is 11.1. The van der Waals surface area contributed by atoms with E-state index in [4.69, 9.17) is 51.8 Å². The van der Waals surface area contributed by atoms with Gasteiger partial charge in [0.25, 0.3) is 0 Å². The summed E-state index contributed by atoms with van der Waals surface area (Å²) in [6.45, 7) is 17.5. The summed E-state index contributed by atoms with van der Waals surface area (Å²) in [5.74, 6) is -1.39. The lowest BCUT2D eigenvalue weighted by atomic mass is 9.81. The van der Waals surface area contributed by atoms with Gasteiger partial charge in [-0.1, -0.05) is 62.3 Å². The number of hydrogen-bond donors (Lipinski definition) is 2. The summed E-state index contributed by atoms with van der Waals surface area (Å²) in [5.41, 5.74) is 5.24. The van der Waals surface area contributed by atoms with E-state index in [0.717, 1.165) is 0 Å². The molecule has 3 fully saturated rings. The molecule has 0 radical (unpaired) electrons. The molecule has 0 bridgehead atoms. The SMILES string of the molecule is CC[C@H]1O[C@@H](COP(=O)(OCCC#N)OC2[C@H](C)C(C)[C@H](COP(=O)(OCCC#N)OC3[C@H](C)C(C)[C@H](COCCCC(N)=O)O[C@@H]3CC)O[C@@H]2CC)C(C)[C@@H](C)C1O. The molecule has 8 unspecified atom stereocenters. The van der Waals surface area contributed by atoms with Gasteiger partial charge >= 0.3 is 15.6 Å². The van der Waals surface area contributed by atoms with Gasteiger partial charge in [-0.3, -0.25) is 31.9 Å². The molecule has 0 spiro atoms. The molecule has 0 saturated carbocycles. The Kier molecular flexibility index (Phi) is 21.9. The molecule has 0 aromatic carbocycles. The van der Waals surface area contributed by atoms with E-state index in [9.17, 15) is 29.6 Å². The Balaban J connectivity index is 1.73. The number of aliphatic hydroxyl groups is 1. The van der Waals surface area contributed by atoms with E-state index in [0.29, 0.717) is 38.9 Å². The number of nitrogens with two attached hydrogens (primary N) is 1. The Hall–Kier alpha value is -1.53. The fourth-order valence-electron chi connectivity index (χ4n) is 7.90. The highest BCUT2D eigenvalue weighted by molar-refractivity contribution is 7.48. The highest BCUT2D eigenvalue weighted by Gasteiger charge is 2.49. The van der Waals surface area contributed by atoms with Crippen LogP contribution in [0.4, 0.5) is 0 Å². The van der Waals surface area contributed by atoms with Crippen LogP contribution in [0.15, 0.2) is 0 Å². The second-order valence-electron chi connectivity index (χ2n) is 16.3. The Morgan fingerprint density at radius 2 is 1.02 bits per heavy atom. The van der Waals surface area contributed by atoms with E-state index in [-0.39, 0.29) is 93.2 Å². The summed E-state index contributed by atoms with van der Waals surface area (Å²) in [5, 5.41) is 29.1. The molecule has 17 nitrogen and oxygen atoms in total. The van der Waals surface area contributed by atoms with Crippen LogP contribution in [0.25, 0.3) is 0 Å². The van der Waals surface area contributed by atoms with Gasteiger partial charge in [-0.05, 0) is 61.2 Å². The molecule has 17 atom stereocenters. The van der Waals surface area contributed by atoms with Crippen LogP contribution in [0.3, 0.4) is 0 Å². The highest BCUT2D eigenvalue weighted by atomic mass is 31.2. The highest BCUT2D eigenvalue weighted by Crippen LogP contribution is 2.56. The number of phosphoric ester groups is 2.